The van der Waals surface area contributed by atoms with Crippen LogP contribution in [0.3, 0.4) is 0 Å². The second-order valence-electron chi connectivity index (χ2n) is 4.14. The van der Waals surface area contributed by atoms with Crippen LogP contribution in [-0.2, 0) is 0 Å². The fourth-order valence-corrected chi connectivity index (χ4v) is 2.15. The van der Waals surface area contributed by atoms with Crippen LogP contribution in [0.5, 0.6) is 0 Å². The molecule has 1 aliphatic heterocycles. The lowest BCUT2D eigenvalue weighted by atomic mass is 10.2. The van der Waals surface area contributed by atoms with Gasteiger partial charge >= 0.3 is 5.69 Å². The summed E-state index contributed by atoms with van der Waals surface area (Å²) in [7, 11) is 0. The van der Waals surface area contributed by atoms with Crippen LogP contribution in [0.1, 0.15) is 43.6 Å². The molecule has 0 spiro atoms. The van der Waals surface area contributed by atoms with Crippen molar-refractivity contribution >= 4 is 0 Å². The van der Waals surface area contributed by atoms with Crippen molar-refractivity contribution in [3.8, 4) is 0 Å². The Labute approximate surface area is 81.5 Å². The number of hydrogen-bond donors (Lipinski definition) is 2. The van der Waals surface area contributed by atoms with Crippen LogP contribution in [0, 0.1) is 0 Å². The van der Waals surface area contributed by atoms with E-state index < -0.39 is 0 Å². The van der Waals surface area contributed by atoms with Gasteiger partial charge in [0.25, 0.3) is 0 Å². The van der Waals surface area contributed by atoms with Crippen LogP contribution in [0.2, 0.25) is 0 Å². The van der Waals surface area contributed by atoms with E-state index in [-0.39, 0.29) is 11.7 Å². The molecule has 0 amide bonds. The fourth-order valence-electron chi connectivity index (χ4n) is 2.15. The predicted molar refractivity (Wildman–Crippen MR) is 51.1 cm³/mol. The van der Waals surface area contributed by atoms with E-state index in [1.165, 1.54) is 6.42 Å². The van der Waals surface area contributed by atoms with E-state index in [1.54, 1.807) is 0 Å². The molecule has 2 fully saturated rings. The predicted octanol–water partition coefficient (Wildman–Crippen LogP) is 0.331. The summed E-state index contributed by atoms with van der Waals surface area (Å²) in [6, 6.07) is 0.702. The van der Waals surface area contributed by atoms with Crippen LogP contribution in [-0.4, -0.2) is 21.3 Å². The van der Waals surface area contributed by atoms with Crippen molar-refractivity contribution in [2.24, 2.45) is 0 Å². The van der Waals surface area contributed by atoms with Crippen molar-refractivity contribution in [1.82, 2.24) is 20.1 Å². The summed E-state index contributed by atoms with van der Waals surface area (Å²) in [5, 5.41) is 10.0. The Bertz CT molecular complexity index is 384. The Kier molecular flexibility index (Phi) is 1.73. The summed E-state index contributed by atoms with van der Waals surface area (Å²) < 4.78 is 1.84. The van der Waals surface area contributed by atoms with E-state index in [4.69, 9.17) is 0 Å². The number of nitrogens with zero attached hydrogens (tertiary/aromatic N) is 2. The van der Waals surface area contributed by atoms with Crippen LogP contribution >= 0.6 is 0 Å². The topological polar surface area (TPSA) is 62.7 Å². The molecule has 0 aromatic carbocycles. The number of aromatic amines is 1. The van der Waals surface area contributed by atoms with Crippen molar-refractivity contribution in [3.63, 3.8) is 0 Å². The molecule has 1 aliphatic carbocycles. The summed E-state index contributed by atoms with van der Waals surface area (Å²) in [6.07, 6.45) is 4.52. The molecule has 1 saturated heterocycles. The van der Waals surface area contributed by atoms with E-state index in [2.05, 4.69) is 15.5 Å². The minimum atomic E-state index is -0.0452. The maximum Gasteiger partial charge on any atom is 0.343 e. The first-order valence-corrected chi connectivity index (χ1v) is 5.26. The Morgan fingerprint density at radius 1 is 1.36 bits per heavy atom. The summed E-state index contributed by atoms with van der Waals surface area (Å²) in [4.78, 5) is 11.5. The van der Waals surface area contributed by atoms with Gasteiger partial charge in [0.15, 0.2) is 5.82 Å². The Balaban J connectivity index is 1.99. The summed E-state index contributed by atoms with van der Waals surface area (Å²) >= 11 is 0. The quantitative estimate of drug-likeness (QED) is 0.713. The van der Waals surface area contributed by atoms with Gasteiger partial charge in [-0.25, -0.2) is 9.89 Å². The molecule has 1 unspecified atom stereocenters. The second-order valence-corrected chi connectivity index (χ2v) is 4.14. The molecule has 5 heteroatoms. The standard InChI is InChI=1S/C9H14N4O/c14-9-12-11-8(7-2-1-5-10-7)13(9)6-3-4-6/h6-7,10H,1-5H2,(H,12,14). The molecular weight excluding hydrogens is 180 g/mol. The molecule has 76 valence electrons. The summed E-state index contributed by atoms with van der Waals surface area (Å²) in [6.45, 7) is 1.04. The van der Waals surface area contributed by atoms with Gasteiger partial charge < -0.3 is 5.32 Å². The van der Waals surface area contributed by atoms with Crippen molar-refractivity contribution in [2.75, 3.05) is 6.54 Å². The fraction of sp³-hybridized carbons (Fsp3) is 0.778. The van der Waals surface area contributed by atoms with Crippen molar-refractivity contribution in [2.45, 2.75) is 37.8 Å². The molecule has 1 aromatic heterocycles. The van der Waals surface area contributed by atoms with Crippen molar-refractivity contribution in [3.05, 3.63) is 16.3 Å². The number of rotatable bonds is 2. The number of hydrogen-bond acceptors (Lipinski definition) is 3. The molecule has 0 radical (unpaired) electrons. The van der Waals surface area contributed by atoms with Gasteiger partial charge in [-0.15, -0.1) is 0 Å². The average Bonchev–Trinajstić information content (AvgIpc) is 2.75. The van der Waals surface area contributed by atoms with Crippen molar-refractivity contribution < 1.29 is 0 Å². The second kappa shape index (κ2) is 2.95. The van der Waals surface area contributed by atoms with Crippen LogP contribution in [0.15, 0.2) is 4.79 Å². The molecule has 2 heterocycles. The van der Waals surface area contributed by atoms with Gasteiger partial charge in [0, 0.05) is 6.04 Å². The highest BCUT2D eigenvalue weighted by Crippen LogP contribution is 2.36. The smallest absolute Gasteiger partial charge is 0.307 e. The highest BCUT2D eigenvalue weighted by molar-refractivity contribution is 5.02. The third-order valence-corrected chi connectivity index (χ3v) is 3.02. The van der Waals surface area contributed by atoms with E-state index in [0.717, 1.165) is 31.6 Å². The third kappa shape index (κ3) is 1.19. The zero-order valence-corrected chi connectivity index (χ0v) is 7.99. The highest BCUT2D eigenvalue weighted by atomic mass is 16.1. The normalized spacial score (nSPS) is 27.0. The number of aromatic nitrogens is 3. The van der Waals surface area contributed by atoms with Crippen LogP contribution in [0.25, 0.3) is 0 Å². The van der Waals surface area contributed by atoms with E-state index in [9.17, 15) is 4.79 Å². The molecule has 1 aromatic rings. The minimum absolute atomic E-state index is 0.0452. The lowest BCUT2D eigenvalue weighted by Gasteiger charge is -2.10. The average molecular weight is 194 g/mol. The van der Waals surface area contributed by atoms with Gasteiger partial charge in [-0.1, -0.05) is 0 Å². The zero-order chi connectivity index (χ0) is 9.54. The third-order valence-electron chi connectivity index (χ3n) is 3.02. The zero-order valence-electron chi connectivity index (χ0n) is 7.99. The Hall–Kier alpha value is -1.10. The molecule has 0 bridgehead atoms. The summed E-state index contributed by atoms with van der Waals surface area (Å²) in [5.41, 5.74) is -0.0452. The maximum atomic E-state index is 11.5. The molecule has 2 aliphatic rings. The first kappa shape index (κ1) is 8.23. The Morgan fingerprint density at radius 3 is 2.86 bits per heavy atom. The van der Waals surface area contributed by atoms with E-state index >= 15 is 0 Å². The summed E-state index contributed by atoms with van der Waals surface area (Å²) in [5.74, 6) is 0.912. The van der Waals surface area contributed by atoms with Crippen LogP contribution in [0.4, 0.5) is 0 Å². The van der Waals surface area contributed by atoms with Crippen LogP contribution < -0.4 is 11.0 Å². The first-order chi connectivity index (χ1) is 6.86. The van der Waals surface area contributed by atoms with Crippen molar-refractivity contribution in [1.29, 1.82) is 0 Å². The highest BCUT2D eigenvalue weighted by Gasteiger charge is 2.31. The molecule has 3 rings (SSSR count). The van der Waals surface area contributed by atoms with Gasteiger partial charge in [-0.3, -0.25) is 4.57 Å². The molecule has 1 atom stereocenters. The number of nitrogens with one attached hydrogen (secondary N) is 2. The molecular formula is C9H14N4O. The van der Waals surface area contributed by atoms with Gasteiger partial charge in [-0.2, -0.15) is 5.10 Å². The van der Waals surface area contributed by atoms with Gasteiger partial charge in [0.2, 0.25) is 0 Å². The first-order valence-electron chi connectivity index (χ1n) is 5.26. The lowest BCUT2D eigenvalue weighted by molar-refractivity contribution is 0.546. The molecule has 1 saturated carbocycles. The van der Waals surface area contributed by atoms with Gasteiger partial charge in [0.1, 0.15) is 0 Å². The monoisotopic (exact) mass is 194 g/mol. The SMILES string of the molecule is O=c1[nH]nc(C2CCCN2)n1C1CC1. The largest absolute Gasteiger partial charge is 0.343 e. The Morgan fingerprint density at radius 2 is 2.21 bits per heavy atom. The molecule has 14 heavy (non-hydrogen) atoms. The van der Waals surface area contributed by atoms with Gasteiger partial charge in [0.05, 0.1) is 6.04 Å². The van der Waals surface area contributed by atoms with E-state index in [0.29, 0.717) is 6.04 Å². The molecule has 5 nitrogen and oxygen atoms in total. The minimum Gasteiger partial charge on any atom is -0.307 e. The lowest BCUT2D eigenvalue weighted by Crippen LogP contribution is -2.23. The van der Waals surface area contributed by atoms with Gasteiger partial charge in [-0.05, 0) is 32.2 Å². The maximum absolute atomic E-state index is 11.5. The molecule has 2 N–H and O–H groups in total. The van der Waals surface area contributed by atoms with E-state index in [1.807, 2.05) is 4.57 Å². The number of H-pyrrole nitrogens is 1.